The van der Waals surface area contributed by atoms with Gasteiger partial charge in [0.05, 0.1) is 24.2 Å². The summed E-state index contributed by atoms with van der Waals surface area (Å²) in [6.07, 6.45) is 2.87. The average molecular weight is 424 g/mol. The summed E-state index contributed by atoms with van der Waals surface area (Å²) in [5, 5.41) is 0. The number of furan rings is 1. The van der Waals surface area contributed by atoms with Gasteiger partial charge in [-0.05, 0) is 36.4 Å². The first-order valence-corrected chi connectivity index (χ1v) is 9.40. The fourth-order valence-corrected chi connectivity index (χ4v) is 3.78. The molecule has 6 nitrogen and oxygen atoms in total. The third kappa shape index (κ3) is 3.35. The second-order valence-electron chi connectivity index (χ2n) is 6.96. The van der Waals surface area contributed by atoms with Gasteiger partial charge in [0, 0.05) is 11.1 Å². The molecule has 1 unspecified atom stereocenters. The summed E-state index contributed by atoms with van der Waals surface area (Å²) in [7, 11) is 0. The number of ether oxygens (including phenoxy) is 3. The highest BCUT2D eigenvalue weighted by Crippen LogP contribution is 2.49. The Balaban J connectivity index is 1.58. The Bertz CT molecular complexity index is 1210. The maximum Gasteiger partial charge on any atom is 0.387 e. The van der Waals surface area contributed by atoms with E-state index in [4.69, 9.17) is 13.9 Å². The molecule has 3 heterocycles. The van der Waals surface area contributed by atoms with Gasteiger partial charge in [0.1, 0.15) is 23.0 Å². The van der Waals surface area contributed by atoms with Gasteiger partial charge in [-0.15, -0.1) is 0 Å². The fourth-order valence-electron chi connectivity index (χ4n) is 3.78. The van der Waals surface area contributed by atoms with E-state index >= 15 is 0 Å². The Morgan fingerprint density at radius 2 is 1.87 bits per heavy atom. The number of fused-ring (bicyclic) bond motifs is 3. The molecule has 0 amide bonds. The lowest BCUT2D eigenvalue weighted by Crippen LogP contribution is -2.21. The largest absolute Gasteiger partial charge is 0.469 e. The summed E-state index contributed by atoms with van der Waals surface area (Å²) < 4.78 is 46.7. The van der Waals surface area contributed by atoms with Crippen molar-refractivity contribution in [2.75, 3.05) is 0 Å². The summed E-state index contributed by atoms with van der Waals surface area (Å²) in [5.41, 5.74) is 1.08. The molecule has 5 rings (SSSR count). The van der Waals surface area contributed by atoms with E-state index < -0.39 is 24.3 Å². The topological polar surface area (TPSA) is 75.0 Å². The van der Waals surface area contributed by atoms with Gasteiger partial charge < -0.3 is 18.6 Å². The minimum absolute atomic E-state index is 0.0264. The monoisotopic (exact) mass is 424 g/mol. The number of allylic oxidation sites excluding steroid dienone is 1. The third-order valence-electron chi connectivity index (χ3n) is 5.09. The molecule has 156 valence electrons. The molecular formula is C23H14F2O6. The Labute approximate surface area is 174 Å². The molecule has 2 aliphatic heterocycles. The predicted octanol–water partition coefficient (Wildman–Crippen LogP) is 4.94. The van der Waals surface area contributed by atoms with Gasteiger partial charge in [0.2, 0.25) is 5.78 Å². The SMILES string of the molecule is O=C1CC(c2ccco2)c2c(ccc3c2O/C(=C\c2ccccc2OC(F)F)C3=O)O1. The van der Waals surface area contributed by atoms with Crippen LogP contribution in [0.4, 0.5) is 8.78 Å². The van der Waals surface area contributed by atoms with Gasteiger partial charge >= 0.3 is 12.6 Å². The summed E-state index contributed by atoms with van der Waals surface area (Å²) in [6.45, 7) is -3.01. The molecule has 0 radical (unpaired) electrons. The Morgan fingerprint density at radius 3 is 2.65 bits per heavy atom. The molecule has 3 aromatic rings. The van der Waals surface area contributed by atoms with Crippen molar-refractivity contribution in [2.45, 2.75) is 19.0 Å². The van der Waals surface area contributed by atoms with Crippen LogP contribution >= 0.6 is 0 Å². The maximum absolute atomic E-state index is 13.0. The number of alkyl halides is 2. The second-order valence-corrected chi connectivity index (χ2v) is 6.96. The molecule has 1 aromatic heterocycles. The fraction of sp³-hybridized carbons (Fsp3) is 0.130. The highest BCUT2D eigenvalue weighted by atomic mass is 19.3. The second kappa shape index (κ2) is 7.39. The number of carbonyl (C=O) groups excluding carboxylic acids is 2. The van der Waals surface area contributed by atoms with Crippen molar-refractivity contribution >= 4 is 17.8 Å². The molecule has 0 bridgehead atoms. The zero-order valence-corrected chi connectivity index (χ0v) is 15.8. The molecule has 31 heavy (non-hydrogen) atoms. The van der Waals surface area contributed by atoms with Gasteiger partial charge in [0.25, 0.3) is 0 Å². The normalized spacial score (nSPS) is 18.5. The minimum atomic E-state index is -3.01. The van der Waals surface area contributed by atoms with E-state index in [0.29, 0.717) is 11.3 Å². The first-order chi connectivity index (χ1) is 15.0. The number of benzene rings is 2. The number of rotatable bonds is 4. The first-order valence-electron chi connectivity index (χ1n) is 9.40. The van der Waals surface area contributed by atoms with Crippen molar-refractivity contribution in [3.8, 4) is 17.2 Å². The number of hydrogen-bond acceptors (Lipinski definition) is 6. The number of hydrogen-bond donors (Lipinski definition) is 0. The highest BCUT2D eigenvalue weighted by Gasteiger charge is 2.39. The van der Waals surface area contributed by atoms with Crippen molar-refractivity contribution < 1.29 is 37.0 Å². The Hall–Kier alpha value is -3.94. The van der Waals surface area contributed by atoms with E-state index in [1.165, 1.54) is 30.5 Å². The summed E-state index contributed by atoms with van der Waals surface area (Å²) in [6, 6.07) is 12.6. The number of Topliss-reactive ketones (excluding diaryl/α,β-unsaturated/α-hetero) is 1. The van der Waals surface area contributed by atoms with Crippen molar-refractivity contribution in [1.29, 1.82) is 0 Å². The Morgan fingerprint density at radius 1 is 1.03 bits per heavy atom. The van der Waals surface area contributed by atoms with E-state index in [1.54, 1.807) is 30.3 Å². The van der Waals surface area contributed by atoms with Crippen LogP contribution in [0.1, 0.15) is 39.6 Å². The molecule has 8 heteroatoms. The van der Waals surface area contributed by atoms with Gasteiger partial charge in [-0.1, -0.05) is 18.2 Å². The lowest BCUT2D eigenvalue weighted by molar-refractivity contribution is -0.135. The molecular weight excluding hydrogens is 410 g/mol. The average Bonchev–Trinajstić information content (AvgIpc) is 3.37. The van der Waals surface area contributed by atoms with Crippen LogP contribution in [0.2, 0.25) is 0 Å². The molecule has 2 aliphatic rings. The molecule has 0 fully saturated rings. The number of esters is 1. The standard InChI is InChI=1S/C23H14F2O6/c24-23(25)31-15-5-2-1-4-12(15)10-18-21(27)13-7-8-17-20(22(13)30-18)14(11-19(26)29-17)16-6-3-9-28-16/h1-10,14,23H,11H2/b18-10-. The van der Waals surface area contributed by atoms with E-state index in [0.717, 1.165) is 0 Å². The number of ketones is 1. The van der Waals surface area contributed by atoms with E-state index in [1.807, 2.05) is 0 Å². The quantitative estimate of drug-likeness (QED) is 0.336. The number of halogens is 2. The maximum atomic E-state index is 13.0. The first kappa shape index (κ1) is 19.0. The van der Waals surface area contributed by atoms with Crippen molar-refractivity contribution in [1.82, 2.24) is 0 Å². The van der Waals surface area contributed by atoms with Crippen molar-refractivity contribution in [3.63, 3.8) is 0 Å². The number of carbonyl (C=O) groups is 2. The molecule has 1 atom stereocenters. The van der Waals surface area contributed by atoms with Crippen LogP contribution in [0.15, 0.2) is 65.0 Å². The van der Waals surface area contributed by atoms with Gasteiger partial charge in [0.15, 0.2) is 5.76 Å². The highest BCUT2D eigenvalue weighted by molar-refractivity contribution is 6.15. The molecule has 2 aromatic carbocycles. The zero-order valence-electron chi connectivity index (χ0n) is 15.8. The van der Waals surface area contributed by atoms with Crippen LogP contribution in [0, 0.1) is 0 Å². The van der Waals surface area contributed by atoms with Crippen molar-refractivity contribution in [2.24, 2.45) is 0 Å². The lowest BCUT2D eigenvalue weighted by atomic mass is 9.88. The number of para-hydroxylation sites is 1. The molecule has 0 N–H and O–H groups in total. The third-order valence-corrected chi connectivity index (χ3v) is 5.09. The summed E-state index contributed by atoms with van der Waals surface area (Å²) in [4.78, 5) is 25.0. The van der Waals surface area contributed by atoms with E-state index in [-0.39, 0.29) is 40.6 Å². The predicted molar refractivity (Wildman–Crippen MR) is 103 cm³/mol. The van der Waals surface area contributed by atoms with Gasteiger partial charge in [-0.25, -0.2) is 0 Å². The van der Waals surface area contributed by atoms with Crippen LogP contribution in [0.3, 0.4) is 0 Å². The van der Waals surface area contributed by atoms with E-state index in [9.17, 15) is 18.4 Å². The minimum Gasteiger partial charge on any atom is -0.469 e. The van der Waals surface area contributed by atoms with Gasteiger partial charge in [-0.3, -0.25) is 9.59 Å². The lowest BCUT2D eigenvalue weighted by Gasteiger charge is -2.24. The summed E-state index contributed by atoms with van der Waals surface area (Å²) >= 11 is 0. The smallest absolute Gasteiger partial charge is 0.387 e. The van der Waals surface area contributed by atoms with Gasteiger partial charge in [-0.2, -0.15) is 8.78 Å². The Kier molecular flexibility index (Phi) is 4.54. The van der Waals surface area contributed by atoms with Crippen LogP contribution in [0.5, 0.6) is 17.2 Å². The molecule has 0 saturated carbocycles. The van der Waals surface area contributed by atoms with Crippen LogP contribution in [-0.4, -0.2) is 18.4 Å². The van der Waals surface area contributed by atoms with Crippen LogP contribution < -0.4 is 14.2 Å². The van der Waals surface area contributed by atoms with Crippen LogP contribution in [-0.2, 0) is 4.79 Å². The molecule has 0 spiro atoms. The molecule has 0 saturated heterocycles. The van der Waals surface area contributed by atoms with Crippen molar-refractivity contribution in [3.05, 3.63) is 83.0 Å². The van der Waals surface area contributed by atoms with Crippen LogP contribution in [0.25, 0.3) is 6.08 Å². The summed E-state index contributed by atoms with van der Waals surface area (Å²) in [5.74, 6) is -0.377. The molecule has 0 aliphatic carbocycles. The zero-order chi connectivity index (χ0) is 21.5. The van der Waals surface area contributed by atoms with E-state index in [2.05, 4.69) is 4.74 Å².